The van der Waals surface area contributed by atoms with Gasteiger partial charge in [-0.1, -0.05) is 39.7 Å². The van der Waals surface area contributed by atoms with E-state index in [1.54, 1.807) is 7.11 Å². The molecule has 2 rings (SSSR count). The third kappa shape index (κ3) is 4.20. The number of nitrogens with one attached hydrogen (secondary N) is 1. The van der Waals surface area contributed by atoms with E-state index in [1.165, 1.54) is 0 Å². The lowest BCUT2D eigenvalue weighted by atomic mass is 9.99. The number of halogens is 3. The largest absolute Gasteiger partial charge is 0.496 e. The third-order valence-electron chi connectivity index (χ3n) is 3.22. The van der Waals surface area contributed by atoms with Gasteiger partial charge in [0.25, 0.3) is 0 Å². The molecule has 2 aromatic rings. The molecule has 1 unspecified atom stereocenters. The molecule has 6 heteroatoms. The van der Waals surface area contributed by atoms with Crippen LogP contribution in [0.4, 0.5) is 0 Å². The molecular formula is C15H15Br2ClN2O. The van der Waals surface area contributed by atoms with Crippen molar-refractivity contribution in [2.75, 3.05) is 7.11 Å². The van der Waals surface area contributed by atoms with Gasteiger partial charge in [0.05, 0.1) is 17.6 Å². The summed E-state index contributed by atoms with van der Waals surface area (Å²) in [6, 6.07) is 11.7. The van der Waals surface area contributed by atoms with E-state index in [1.807, 2.05) is 36.4 Å². The van der Waals surface area contributed by atoms with Gasteiger partial charge in [-0.3, -0.25) is 11.3 Å². The molecule has 0 aliphatic rings. The Kier molecular flexibility index (Phi) is 6.08. The van der Waals surface area contributed by atoms with Gasteiger partial charge in [-0.25, -0.2) is 0 Å². The fourth-order valence-corrected chi connectivity index (χ4v) is 3.39. The van der Waals surface area contributed by atoms with Crippen LogP contribution in [-0.4, -0.2) is 7.11 Å². The summed E-state index contributed by atoms with van der Waals surface area (Å²) >= 11 is 13.2. The van der Waals surface area contributed by atoms with Gasteiger partial charge in [0, 0.05) is 9.50 Å². The van der Waals surface area contributed by atoms with Crippen LogP contribution < -0.4 is 16.0 Å². The molecule has 0 bridgehead atoms. The Balaban J connectivity index is 2.25. The maximum atomic E-state index is 6.27. The Morgan fingerprint density at radius 2 is 2.00 bits per heavy atom. The van der Waals surface area contributed by atoms with Gasteiger partial charge in [-0.05, 0) is 57.7 Å². The topological polar surface area (TPSA) is 47.3 Å². The van der Waals surface area contributed by atoms with Gasteiger partial charge in [0.1, 0.15) is 5.75 Å². The Morgan fingerprint density at radius 3 is 2.57 bits per heavy atom. The molecule has 21 heavy (non-hydrogen) atoms. The zero-order chi connectivity index (χ0) is 15.4. The predicted octanol–water partition coefficient (Wildman–Crippen LogP) is 4.62. The van der Waals surface area contributed by atoms with Crippen molar-refractivity contribution in [3.8, 4) is 5.75 Å². The highest BCUT2D eigenvalue weighted by Gasteiger charge is 2.14. The van der Waals surface area contributed by atoms with Gasteiger partial charge in [0.15, 0.2) is 0 Å². The summed E-state index contributed by atoms with van der Waals surface area (Å²) in [6.07, 6.45) is 0.696. The van der Waals surface area contributed by atoms with Gasteiger partial charge in [-0.15, -0.1) is 0 Å². The van der Waals surface area contributed by atoms with Crippen molar-refractivity contribution in [3.63, 3.8) is 0 Å². The SMILES string of the molecule is COc1ccc(C(Cc2ccc(Br)cc2Cl)NN)cc1Br. The first-order valence-electron chi connectivity index (χ1n) is 6.28. The number of ether oxygens (including phenoxy) is 1. The molecule has 0 radical (unpaired) electrons. The van der Waals surface area contributed by atoms with Crippen molar-refractivity contribution in [2.24, 2.45) is 5.84 Å². The number of hydrogen-bond donors (Lipinski definition) is 2. The second-order valence-electron chi connectivity index (χ2n) is 4.55. The van der Waals surface area contributed by atoms with Crippen molar-refractivity contribution in [1.82, 2.24) is 5.43 Å². The van der Waals surface area contributed by atoms with Crippen LogP contribution in [0.3, 0.4) is 0 Å². The molecule has 3 N–H and O–H groups in total. The molecule has 0 amide bonds. The van der Waals surface area contributed by atoms with Gasteiger partial charge >= 0.3 is 0 Å². The maximum absolute atomic E-state index is 6.27. The van der Waals surface area contributed by atoms with E-state index in [4.69, 9.17) is 22.2 Å². The maximum Gasteiger partial charge on any atom is 0.133 e. The van der Waals surface area contributed by atoms with Gasteiger partial charge < -0.3 is 4.74 Å². The van der Waals surface area contributed by atoms with Crippen molar-refractivity contribution >= 4 is 43.5 Å². The highest BCUT2D eigenvalue weighted by Crippen LogP contribution is 2.30. The van der Waals surface area contributed by atoms with Crippen LogP contribution in [0.5, 0.6) is 5.75 Å². The number of hydrazine groups is 1. The smallest absolute Gasteiger partial charge is 0.133 e. The minimum Gasteiger partial charge on any atom is -0.496 e. The standard InChI is InChI=1S/C15H15Br2ClN2O/c1-21-15-5-3-10(6-12(15)17)14(20-19)7-9-2-4-11(16)8-13(9)18/h2-6,8,14,20H,7,19H2,1H3. The van der Waals surface area contributed by atoms with E-state index in [2.05, 4.69) is 37.3 Å². The van der Waals surface area contributed by atoms with Crippen LogP contribution in [0, 0.1) is 0 Å². The zero-order valence-electron chi connectivity index (χ0n) is 11.4. The summed E-state index contributed by atoms with van der Waals surface area (Å²) in [5, 5.41) is 0.720. The molecule has 0 saturated heterocycles. The van der Waals surface area contributed by atoms with Crippen LogP contribution in [-0.2, 0) is 6.42 Å². The molecule has 0 fully saturated rings. The van der Waals surface area contributed by atoms with Crippen molar-refractivity contribution < 1.29 is 4.74 Å². The lowest BCUT2D eigenvalue weighted by molar-refractivity contribution is 0.411. The van der Waals surface area contributed by atoms with Crippen molar-refractivity contribution in [2.45, 2.75) is 12.5 Å². The molecule has 0 aromatic heterocycles. The molecule has 0 saturated carbocycles. The van der Waals surface area contributed by atoms with Crippen LogP contribution in [0.2, 0.25) is 5.02 Å². The molecule has 3 nitrogen and oxygen atoms in total. The fourth-order valence-electron chi connectivity index (χ4n) is 2.08. The highest BCUT2D eigenvalue weighted by atomic mass is 79.9. The number of methoxy groups -OCH3 is 1. The van der Waals surface area contributed by atoms with Crippen molar-refractivity contribution in [1.29, 1.82) is 0 Å². The Labute approximate surface area is 146 Å². The first kappa shape index (κ1) is 16.8. The molecule has 0 aliphatic carbocycles. The van der Waals surface area contributed by atoms with E-state index in [0.717, 1.165) is 30.8 Å². The second kappa shape index (κ2) is 7.61. The van der Waals surface area contributed by atoms with E-state index in [-0.39, 0.29) is 6.04 Å². The molecule has 2 aromatic carbocycles. The number of rotatable bonds is 5. The monoisotopic (exact) mass is 432 g/mol. The lowest BCUT2D eigenvalue weighted by Gasteiger charge is -2.18. The Morgan fingerprint density at radius 1 is 1.24 bits per heavy atom. The molecular weight excluding hydrogens is 419 g/mol. The van der Waals surface area contributed by atoms with Crippen LogP contribution in [0.1, 0.15) is 17.2 Å². The lowest BCUT2D eigenvalue weighted by Crippen LogP contribution is -2.29. The third-order valence-corrected chi connectivity index (χ3v) is 4.68. The van der Waals surface area contributed by atoms with E-state index in [9.17, 15) is 0 Å². The highest BCUT2D eigenvalue weighted by molar-refractivity contribution is 9.10. The average Bonchev–Trinajstić information content (AvgIpc) is 2.46. The number of benzene rings is 2. The Bertz CT molecular complexity index is 637. The van der Waals surface area contributed by atoms with E-state index < -0.39 is 0 Å². The minimum atomic E-state index is -0.0362. The molecule has 0 aliphatic heterocycles. The van der Waals surface area contributed by atoms with Crippen molar-refractivity contribution in [3.05, 3.63) is 61.5 Å². The van der Waals surface area contributed by atoms with Crippen LogP contribution in [0.25, 0.3) is 0 Å². The first-order valence-corrected chi connectivity index (χ1v) is 8.25. The minimum absolute atomic E-state index is 0.0362. The number of nitrogens with two attached hydrogens (primary N) is 1. The summed E-state index contributed by atoms with van der Waals surface area (Å²) in [5.41, 5.74) is 4.94. The van der Waals surface area contributed by atoms with E-state index in [0.29, 0.717) is 6.42 Å². The molecule has 1 atom stereocenters. The first-order chi connectivity index (χ1) is 10.0. The average molecular weight is 435 g/mol. The Hall–Kier alpha value is -0.590. The van der Waals surface area contributed by atoms with Crippen LogP contribution in [0.15, 0.2) is 45.3 Å². The fraction of sp³-hybridized carbons (Fsp3) is 0.200. The summed E-state index contributed by atoms with van der Waals surface area (Å²) in [6.45, 7) is 0. The molecule has 0 spiro atoms. The number of hydrogen-bond acceptors (Lipinski definition) is 3. The van der Waals surface area contributed by atoms with Gasteiger partial charge in [0.2, 0.25) is 0 Å². The molecule has 112 valence electrons. The summed E-state index contributed by atoms with van der Waals surface area (Å²) < 4.78 is 7.09. The van der Waals surface area contributed by atoms with E-state index >= 15 is 0 Å². The molecule has 0 heterocycles. The normalized spacial score (nSPS) is 12.2. The summed E-state index contributed by atoms with van der Waals surface area (Å²) in [7, 11) is 1.64. The quantitative estimate of drug-likeness (QED) is 0.533. The van der Waals surface area contributed by atoms with Crippen LogP contribution >= 0.6 is 43.5 Å². The summed E-state index contributed by atoms with van der Waals surface area (Å²) in [4.78, 5) is 0. The zero-order valence-corrected chi connectivity index (χ0v) is 15.3. The second-order valence-corrected chi connectivity index (χ2v) is 6.73. The van der Waals surface area contributed by atoms with Gasteiger partial charge in [-0.2, -0.15) is 0 Å². The summed E-state index contributed by atoms with van der Waals surface area (Å²) in [5.74, 6) is 6.49. The predicted molar refractivity (Wildman–Crippen MR) is 93.6 cm³/mol.